The molecule has 0 spiro atoms. The van der Waals surface area contributed by atoms with E-state index < -0.39 is 0 Å². The molecule has 2 unspecified atom stereocenters. The van der Waals surface area contributed by atoms with Crippen molar-refractivity contribution in [1.82, 2.24) is 19.9 Å². The molecule has 0 radical (unpaired) electrons. The highest BCUT2D eigenvalue weighted by atomic mass is 16.5. The average molecular weight is 384 g/mol. The minimum atomic E-state index is 0.274. The lowest BCUT2D eigenvalue weighted by atomic mass is 10.0. The van der Waals surface area contributed by atoms with E-state index in [2.05, 4.69) is 65.5 Å². The van der Waals surface area contributed by atoms with E-state index in [0.29, 0.717) is 6.04 Å². The maximum atomic E-state index is 5.83. The topological polar surface area (TPSA) is 46.4 Å². The number of benzene rings is 1. The summed E-state index contributed by atoms with van der Waals surface area (Å²) < 4.78 is 7.77. The first-order valence-electron chi connectivity index (χ1n) is 10.6. The SMILES string of the molecule is Cc1cc(N2CCCC(N(C)C)C2)ccc1-c1cn(CC2CCCCO2)nn1. The fourth-order valence-corrected chi connectivity index (χ4v) is 4.41. The second kappa shape index (κ2) is 8.62. The first-order valence-corrected chi connectivity index (χ1v) is 10.6. The number of likely N-dealkylation sites (N-methyl/N-ethyl adjacent to an activating group) is 1. The van der Waals surface area contributed by atoms with E-state index in [-0.39, 0.29) is 6.10 Å². The van der Waals surface area contributed by atoms with Gasteiger partial charge in [0.15, 0.2) is 0 Å². The molecular formula is C22H33N5O. The molecule has 0 amide bonds. The smallest absolute Gasteiger partial charge is 0.113 e. The van der Waals surface area contributed by atoms with Gasteiger partial charge in [0, 0.05) is 37.0 Å². The molecule has 2 aliphatic rings. The van der Waals surface area contributed by atoms with Gasteiger partial charge in [0.1, 0.15) is 5.69 Å². The number of hydrogen-bond donors (Lipinski definition) is 0. The van der Waals surface area contributed by atoms with Gasteiger partial charge in [-0.1, -0.05) is 11.3 Å². The lowest BCUT2D eigenvalue weighted by Gasteiger charge is -2.37. The quantitative estimate of drug-likeness (QED) is 0.792. The molecule has 2 aromatic rings. The molecule has 4 rings (SSSR count). The van der Waals surface area contributed by atoms with Crippen molar-refractivity contribution in [2.75, 3.05) is 38.7 Å². The van der Waals surface area contributed by atoms with Crippen LogP contribution in [-0.2, 0) is 11.3 Å². The van der Waals surface area contributed by atoms with Crippen molar-refractivity contribution in [2.24, 2.45) is 0 Å². The number of aromatic nitrogens is 3. The van der Waals surface area contributed by atoms with Crippen molar-refractivity contribution in [1.29, 1.82) is 0 Å². The summed E-state index contributed by atoms with van der Waals surface area (Å²) in [6.07, 6.45) is 8.41. The van der Waals surface area contributed by atoms with Crippen molar-refractivity contribution < 1.29 is 4.74 Å². The largest absolute Gasteiger partial charge is 0.376 e. The van der Waals surface area contributed by atoms with Crippen LogP contribution in [0, 0.1) is 6.92 Å². The molecule has 28 heavy (non-hydrogen) atoms. The minimum Gasteiger partial charge on any atom is -0.376 e. The van der Waals surface area contributed by atoms with E-state index in [0.717, 1.165) is 38.4 Å². The van der Waals surface area contributed by atoms with Crippen LogP contribution in [0.15, 0.2) is 24.4 Å². The normalized spacial score (nSPS) is 23.4. The first-order chi connectivity index (χ1) is 13.6. The highest BCUT2D eigenvalue weighted by Crippen LogP contribution is 2.28. The summed E-state index contributed by atoms with van der Waals surface area (Å²) >= 11 is 0. The molecule has 6 nitrogen and oxygen atoms in total. The Morgan fingerprint density at radius 1 is 1.18 bits per heavy atom. The summed E-state index contributed by atoms with van der Waals surface area (Å²) in [6, 6.07) is 7.38. The van der Waals surface area contributed by atoms with Gasteiger partial charge >= 0.3 is 0 Å². The number of hydrogen-bond acceptors (Lipinski definition) is 5. The van der Waals surface area contributed by atoms with Gasteiger partial charge in [0.25, 0.3) is 0 Å². The molecule has 2 aliphatic heterocycles. The van der Waals surface area contributed by atoms with Crippen LogP contribution < -0.4 is 4.90 Å². The van der Waals surface area contributed by atoms with Crippen LogP contribution in [0.5, 0.6) is 0 Å². The van der Waals surface area contributed by atoms with Crippen LogP contribution in [0.4, 0.5) is 5.69 Å². The first kappa shape index (κ1) is 19.4. The molecule has 0 bridgehead atoms. The Bertz CT molecular complexity index is 781. The molecule has 0 aliphatic carbocycles. The molecule has 0 N–H and O–H groups in total. The molecule has 1 aromatic heterocycles. The molecule has 3 heterocycles. The average Bonchev–Trinajstić information content (AvgIpc) is 3.17. The van der Waals surface area contributed by atoms with Gasteiger partial charge < -0.3 is 14.5 Å². The monoisotopic (exact) mass is 383 g/mol. The second-order valence-electron chi connectivity index (χ2n) is 8.52. The van der Waals surface area contributed by atoms with Crippen LogP contribution >= 0.6 is 0 Å². The predicted octanol–water partition coefficient (Wildman–Crippen LogP) is 3.35. The molecule has 6 heteroatoms. The fraction of sp³-hybridized carbons (Fsp3) is 0.636. The lowest BCUT2D eigenvalue weighted by Crippen LogP contribution is -2.45. The molecule has 152 valence electrons. The van der Waals surface area contributed by atoms with Gasteiger partial charge in [-0.25, -0.2) is 4.68 Å². The summed E-state index contributed by atoms with van der Waals surface area (Å²) in [5, 5.41) is 8.77. The van der Waals surface area contributed by atoms with Gasteiger partial charge in [-0.15, -0.1) is 5.10 Å². The van der Waals surface area contributed by atoms with Crippen molar-refractivity contribution >= 4 is 5.69 Å². The standard InChI is InChI=1S/C22H33N5O/c1-17-13-18(26-11-6-7-19(14-26)25(2)3)9-10-21(17)22-16-27(24-23-22)15-20-8-4-5-12-28-20/h9-10,13,16,19-20H,4-8,11-12,14-15H2,1-3H3. The molecule has 0 saturated carbocycles. The van der Waals surface area contributed by atoms with Crippen LogP contribution in [0.25, 0.3) is 11.3 Å². The van der Waals surface area contributed by atoms with Crippen LogP contribution in [0.3, 0.4) is 0 Å². The van der Waals surface area contributed by atoms with E-state index >= 15 is 0 Å². The molecule has 2 fully saturated rings. The van der Waals surface area contributed by atoms with E-state index in [1.54, 1.807) is 0 Å². The molecular weight excluding hydrogens is 350 g/mol. The van der Waals surface area contributed by atoms with E-state index in [1.807, 2.05) is 4.68 Å². The highest BCUT2D eigenvalue weighted by Gasteiger charge is 2.22. The Morgan fingerprint density at radius 3 is 2.82 bits per heavy atom. The molecule has 1 aromatic carbocycles. The summed E-state index contributed by atoms with van der Waals surface area (Å²) in [5.41, 5.74) is 4.69. The zero-order chi connectivity index (χ0) is 19.5. The van der Waals surface area contributed by atoms with Gasteiger partial charge in [-0.3, -0.25) is 0 Å². The summed E-state index contributed by atoms with van der Waals surface area (Å²) in [7, 11) is 4.37. The third kappa shape index (κ3) is 4.39. The van der Waals surface area contributed by atoms with E-state index in [1.165, 1.54) is 42.5 Å². The number of anilines is 1. The Hall–Kier alpha value is -1.92. The third-order valence-corrected chi connectivity index (χ3v) is 6.18. The van der Waals surface area contributed by atoms with Crippen molar-refractivity contribution in [3.05, 3.63) is 30.0 Å². The van der Waals surface area contributed by atoms with Crippen molar-refractivity contribution in [3.8, 4) is 11.3 Å². The maximum absolute atomic E-state index is 5.83. The summed E-state index contributed by atoms with van der Waals surface area (Å²) in [6.45, 7) is 6.08. The van der Waals surface area contributed by atoms with Crippen LogP contribution in [-0.4, -0.2) is 65.8 Å². The summed E-state index contributed by atoms with van der Waals surface area (Å²) in [4.78, 5) is 4.87. The number of nitrogens with zero attached hydrogens (tertiary/aromatic N) is 5. The number of rotatable bonds is 5. The van der Waals surface area contributed by atoms with Crippen LogP contribution in [0.2, 0.25) is 0 Å². The van der Waals surface area contributed by atoms with E-state index in [4.69, 9.17) is 4.74 Å². The minimum absolute atomic E-state index is 0.274. The van der Waals surface area contributed by atoms with Gasteiger partial charge in [0.05, 0.1) is 18.8 Å². The van der Waals surface area contributed by atoms with E-state index in [9.17, 15) is 0 Å². The van der Waals surface area contributed by atoms with Crippen molar-refractivity contribution in [2.45, 2.75) is 57.7 Å². The fourth-order valence-electron chi connectivity index (χ4n) is 4.41. The van der Waals surface area contributed by atoms with Gasteiger partial charge in [-0.2, -0.15) is 0 Å². The third-order valence-electron chi connectivity index (χ3n) is 6.18. The zero-order valence-corrected chi connectivity index (χ0v) is 17.5. The molecule has 2 atom stereocenters. The predicted molar refractivity (Wildman–Crippen MR) is 113 cm³/mol. The Morgan fingerprint density at radius 2 is 2.07 bits per heavy atom. The number of ether oxygens (including phenoxy) is 1. The van der Waals surface area contributed by atoms with Gasteiger partial charge in [-0.05, 0) is 70.8 Å². The Kier molecular flexibility index (Phi) is 5.97. The van der Waals surface area contributed by atoms with Gasteiger partial charge in [0.2, 0.25) is 0 Å². The number of piperidine rings is 1. The van der Waals surface area contributed by atoms with Crippen molar-refractivity contribution in [3.63, 3.8) is 0 Å². The zero-order valence-electron chi connectivity index (χ0n) is 17.5. The highest BCUT2D eigenvalue weighted by molar-refractivity contribution is 5.67. The summed E-state index contributed by atoms with van der Waals surface area (Å²) in [5.74, 6) is 0. The second-order valence-corrected chi connectivity index (χ2v) is 8.52. The lowest BCUT2D eigenvalue weighted by molar-refractivity contribution is 0.00370. The molecule has 2 saturated heterocycles. The van der Waals surface area contributed by atoms with Crippen LogP contribution in [0.1, 0.15) is 37.7 Å². The Balaban J connectivity index is 1.46. The Labute approximate surface area is 168 Å². The maximum Gasteiger partial charge on any atom is 0.113 e. The number of aryl methyl sites for hydroxylation is 1.